The van der Waals surface area contributed by atoms with Crippen molar-refractivity contribution in [1.29, 1.82) is 0 Å². The number of oxime groups is 1. The van der Waals surface area contributed by atoms with Crippen LogP contribution in [0.2, 0.25) is 0 Å². The van der Waals surface area contributed by atoms with Gasteiger partial charge in [-0.3, -0.25) is 0 Å². The molecule has 0 aliphatic rings. The van der Waals surface area contributed by atoms with Crippen LogP contribution >= 0.6 is 15.9 Å². The first kappa shape index (κ1) is 13.7. The minimum absolute atomic E-state index is 0.112. The maximum Gasteiger partial charge on any atom is 0.166 e. The standard InChI is InChI=1S/C10H14BrFN4O/c1-2-16(4-3-9(13)15-17)10-8(12)5-7(11)6-14-10/h5-6,17H,2-4H2,1H3,(H2,13,15). The van der Waals surface area contributed by atoms with Crippen molar-refractivity contribution in [3.63, 3.8) is 0 Å². The highest BCUT2D eigenvalue weighted by Gasteiger charge is 2.12. The first-order chi connectivity index (χ1) is 8.08. The maximum atomic E-state index is 13.6. The molecule has 1 heterocycles. The molecule has 1 rings (SSSR count). The number of aromatic nitrogens is 1. The third-order valence-electron chi connectivity index (χ3n) is 2.24. The summed E-state index contributed by atoms with van der Waals surface area (Å²) in [5.74, 6) is -0.0249. The van der Waals surface area contributed by atoms with E-state index in [1.165, 1.54) is 12.3 Å². The molecule has 0 fully saturated rings. The Balaban J connectivity index is 2.79. The van der Waals surface area contributed by atoms with E-state index in [0.717, 1.165) is 0 Å². The molecule has 1 aromatic rings. The second-order valence-electron chi connectivity index (χ2n) is 3.38. The molecule has 0 unspecified atom stereocenters. The summed E-state index contributed by atoms with van der Waals surface area (Å²) in [6, 6.07) is 1.36. The fourth-order valence-corrected chi connectivity index (χ4v) is 1.66. The zero-order valence-electron chi connectivity index (χ0n) is 9.40. The minimum atomic E-state index is -0.402. The largest absolute Gasteiger partial charge is 0.409 e. The van der Waals surface area contributed by atoms with E-state index in [9.17, 15) is 4.39 Å². The van der Waals surface area contributed by atoms with Gasteiger partial charge in [0.2, 0.25) is 0 Å². The summed E-state index contributed by atoms with van der Waals surface area (Å²) in [7, 11) is 0. The maximum absolute atomic E-state index is 13.6. The Morgan fingerprint density at radius 2 is 2.41 bits per heavy atom. The highest BCUT2D eigenvalue weighted by atomic mass is 79.9. The molecular formula is C10H14BrFN4O. The summed E-state index contributed by atoms with van der Waals surface area (Å²) in [4.78, 5) is 5.74. The van der Waals surface area contributed by atoms with Crippen molar-refractivity contribution in [3.8, 4) is 0 Å². The third kappa shape index (κ3) is 3.85. The van der Waals surface area contributed by atoms with Crippen LogP contribution in [0.15, 0.2) is 21.9 Å². The third-order valence-corrected chi connectivity index (χ3v) is 2.67. The smallest absolute Gasteiger partial charge is 0.166 e. The number of hydrogen-bond acceptors (Lipinski definition) is 4. The average molecular weight is 305 g/mol. The monoisotopic (exact) mass is 304 g/mol. The van der Waals surface area contributed by atoms with Gasteiger partial charge in [-0.15, -0.1) is 0 Å². The molecule has 0 aliphatic heterocycles. The summed E-state index contributed by atoms with van der Waals surface area (Å²) >= 11 is 3.15. The molecular weight excluding hydrogens is 291 g/mol. The predicted molar refractivity (Wildman–Crippen MR) is 67.8 cm³/mol. The Bertz CT molecular complexity index is 413. The van der Waals surface area contributed by atoms with Gasteiger partial charge in [0.25, 0.3) is 0 Å². The zero-order valence-corrected chi connectivity index (χ0v) is 11.0. The summed E-state index contributed by atoms with van der Waals surface area (Å²) in [6.07, 6.45) is 1.88. The van der Waals surface area contributed by atoms with Gasteiger partial charge in [0.15, 0.2) is 11.6 Å². The van der Waals surface area contributed by atoms with Crippen LogP contribution in [0.25, 0.3) is 0 Å². The summed E-state index contributed by atoms with van der Waals surface area (Å²) < 4.78 is 14.2. The quantitative estimate of drug-likeness (QED) is 0.377. The normalized spacial score (nSPS) is 11.6. The number of amidine groups is 1. The fourth-order valence-electron chi connectivity index (χ4n) is 1.35. The van der Waals surface area contributed by atoms with Crippen LogP contribution in [-0.4, -0.2) is 29.1 Å². The van der Waals surface area contributed by atoms with Crippen LogP contribution in [0.5, 0.6) is 0 Å². The van der Waals surface area contributed by atoms with Gasteiger partial charge in [-0.2, -0.15) is 0 Å². The molecule has 0 bridgehead atoms. The second kappa shape index (κ2) is 6.39. The van der Waals surface area contributed by atoms with Crippen molar-refractivity contribution in [2.45, 2.75) is 13.3 Å². The van der Waals surface area contributed by atoms with Gasteiger partial charge in [0.05, 0.1) is 0 Å². The molecule has 3 N–H and O–H groups in total. The van der Waals surface area contributed by atoms with E-state index in [1.54, 1.807) is 4.90 Å². The van der Waals surface area contributed by atoms with Crippen molar-refractivity contribution in [2.75, 3.05) is 18.0 Å². The van der Waals surface area contributed by atoms with Crippen LogP contribution < -0.4 is 10.6 Å². The number of nitrogens with zero attached hydrogens (tertiary/aromatic N) is 3. The number of rotatable bonds is 5. The Morgan fingerprint density at radius 1 is 1.71 bits per heavy atom. The predicted octanol–water partition coefficient (Wildman–Crippen LogP) is 1.95. The number of pyridine rings is 1. The highest BCUT2D eigenvalue weighted by Crippen LogP contribution is 2.19. The molecule has 0 spiro atoms. The topological polar surface area (TPSA) is 74.7 Å². The van der Waals surface area contributed by atoms with Crippen molar-refractivity contribution in [2.24, 2.45) is 10.9 Å². The van der Waals surface area contributed by atoms with Gasteiger partial charge in [-0.25, -0.2) is 9.37 Å². The first-order valence-electron chi connectivity index (χ1n) is 5.10. The lowest BCUT2D eigenvalue weighted by molar-refractivity contribution is 0.317. The molecule has 0 saturated heterocycles. The molecule has 0 aromatic carbocycles. The molecule has 0 radical (unpaired) electrons. The zero-order chi connectivity index (χ0) is 12.8. The van der Waals surface area contributed by atoms with E-state index in [-0.39, 0.29) is 11.7 Å². The second-order valence-corrected chi connectivity index (χ2v) is 4.30. The Labute approximate surface area is 107 Å². The number of halogens is 2. The van der Waals surface area contributed by atoms with Crippen LogP contribution in [0.4, 0.5) is 10.2 Å². The summed E-state index contributed by atoms with van der Waals surface area (Å²) in [5, 5.41) is 11.3. The average Bonchev–Trinajstić information content (AvgIpc) is 2.31. The van der Waals surface area contributed by atoms with Crippen molar-refractivity contribution < 1.29 is 9.60 Å². The van der Waals surface area contributed by atoms with Gasteiger partial charge in [-0.1, -0.05) is 5.16 Å². The van der Waals surface area contributed by atoms with Gasteiger partial charge >= 0.3 is 0 Å². The van der Waals surface area contributed by atoms with E-state index < -0.39 is 5.82 Å². The van der Waals surface area contributed by atoms with E-state index in [4.69, 9.17) is 10.9 Å². The number of nitrogens with two attached hydrogens (primary N) is 1. The van der Waals surface area contributed by atoms with Crippen LogP contribution in [0.1, 0.15) is 13.3 Å². The van der Waals surface area contributed by atoms with Gasteiger partial charge in [0, 0.05) is 30.2 Å². The van der Waals surface area contributed by atoms with Gasteiger partial charge in [-0.05, 0) is 28.9 Å². The number of hydrogen-bond donors (Lipinski definition) is 2. The van der Waals surface area contributed by atoms with E-state index in [0.29, 0.717) is 24.0 Å². The molecule has 0 atom stereocenters. The molecule has 5 nitrogen and oxygen atoms in total. The van der Waals surface area contributed by atoms with E-state index >= 15 is 0 Å². The van der Waals surface area contributed by atoms with Crippen LogP contribution in [0.3, 0.4) is 0 Å². The van der Waals surface area contributed by atoms with Crippen LogP contribution in [-0.2, 0) is 0 Å². The SMILES string of the molecule is CCN(CCC(N)=NO)c1ncc(Br)cc1F. The Hall–Kier alpha value is -1.37. The van der Waals surface area contributed by atoms with Gasteiger partial charge in [0.1, 0.15) is 5.84 Å². The Kier molecular flexibility index (Phi) is 5.14. The highest BCUT2D eigenvalue weighted by molar-refractivity contribution is 9.10. The summed E-state index contributed by atoms with van der Waals surface area (Å²) in [5.41, 5.74) is 5.37. The van der Waals surface area contributed by atoms with Crippen molar-refractivity contribution in [3.05, 3.63) is 22.6 Å². The molecule has 94 valence electrons. The number of anilines is 1. The van der Waals surface area contributed by atoms with Crippen molar-refractivity contribution in [1.82, 2.24) is 4.98 Å². The first-order valence-corrected chi connectivity index (χ1v) is 5.90. The molecule has 17 heavy (non-hydrogen) atoms. The molecule has 1 aromatic heterocycles. The Morgan fingerprint density at radius 3 is 2.94 bits per heavy atom. The summed E-state index contributed by atoms with van der Waals surface area (Å²) in [6.45, 7) is 2.91. The van der Waals surface area contributed by atoms with Crippen LogP contribution in [0, 0.1) is 5.82 Å². The lowest BCUT2D eigenvalue weighted by atomic mass is 10.3. The fraction of sp³-hybridized carbons (Fsp3) is 0.400. The van der Waals surface area contributed by atoms with E-state index in [2.05, 4.69) is 26.1 Å². The molecule has 0 amide bonds. The van der Waals surface area contributed by atoms with Crippen molar-refractivity contribution >= 4 is 27.6 Å². The lowest BCUT2D eigenvalue weighted by Gasteiger charge is -2.21. The minimum Gasteiger partial charge on any atom is -0.409 e. The molecule has 7 heteroatoms. The molecule has 0 saturated carbocycles. The lowest BCUT2D eigenvalue weighted by Crippen LogP contribution is -2.29. The molecule has 0 aliphatic carbocycles. The van der Waals surface area contributed by atoms with E-state index in [1.807, 2.05) is 6.92 Å². The van der Waals surface area contributed by atoms with Gasteiger partial charge < -0.3 is 15.8 Å².